The van der Waals surface area contributed by atoms with Gasteiger partial charge in [-0.25, -0.2) is 0 Å². The molecule has 4 atom stereocenters. The van der Waals surface area contributed by atoms with Crippen LogP contribution in [-0.4, -0.2) is 17.4 Å². The Balaban J connectivity index is 1.96. The van der Waals surface area contributed by atoms with E-state index in [0.29, 0.717) is 6.42 Å². The third-order valence-corrected chi connectivity index (χ3v) is 5.06. The van der Waals surface area contributed by atoms with Gasteiger partial charge in [-0.15, -0.1) is 0 Å². The van der Waals surface area contributed by atoms with Gasteiger partial charge < -0.3 is 4.74 Å². The van der Waals surface area contributed by atoms with E-state index in [2.05, 4.69) is 19.1 Å². The van der Waals surface area contributed by atoms with Crippen molar-refractivity contribution in [3.8, 4) is 0 Å². The van der Waals surface area contributed by atoms with Crippen molar-refractivity contribution in [2.24, 2.45) is 22.7 Å². The number of hydrogen-bond donors (Lipinski definition) is 0. The average Bonchev–Trinajstić information content (AvgIpc) is 2.95. The highest BCUT2D eigenvalue weighted by atomic mass is 16.6. The molecule has 3 aliphatic rings. The second-order valence-corrected chi connectivity index (χ2v) is 7.52. The summed E-state index contributed by atoms with van der Waals surface area (Å²) in [5, 5.41) is 0. The SMILES string of the molecule is CC(C)(C)OC(=O)[C@]12C(=O)CC[C@]3(C)C=CC[C@H]1[C@H]23. The Kier molecular flexibility index (Phi) is 2.37. The zero-order valence-electron chi connectivity index (χ0n) is 12.2. The van der Waals surface area contributed by atoms with Crippen LogP contribution >= 0.6 is 0 Å². The van der Waals surface area contributed by atoms with Gasteiger partial charge in [0.15, 0.2) is 5.78 Å². The van der Waals surface area contributed by atoms with Crippen molar-refractivity contribution in [3.63, 3.8) is 0 Å². The van der Waals surface area contributed by atoms with Crippen LogP contribution in [0.1, 0.15) is 47.0 Å². The molecular formula is C16H22O3. The molecule has 0 bridgehead atoms. The maximum absolute atomic E-state index is 12.6. The molecule has 3 aliphatic carbocycles. The van der Waals surface area contributed by atoms with Crippen molar-refractivity contribution in [3.05, 3.63) is 12.2 Å². The van der Waals surface area contributed by atoms with Crippen molar-refractivity contribution in [2.45, 2.75) is 52.6 Å². The third-order valence-electron chi connectivity index (χ3n) is 5.06. The smallest absolute Gasteiger partial charge is 0.320 e. The molecule has 3 nitrogen and oxygen atoms in total. The van der Waals surface area contributed by atoms with Gasteiger partial charge in [-0.3, -0.25) is 9.59 Å². The summed E-state index contributed by atoms with van der Waals surface area (Å²) in [5.74, 6) is 0.168. The Labute approximate surface area is 114 Å². The Morgan fingerprint density at radius 2 is 2.11 bits per heavy atom. The number of esters is 1. The summed E-state index contributed by atoms with van der Waals surface area (Å²) in [5.41, 5.74) is -1.35. The van der Waals surface area contributed by atoms with Crippen LogP contribution in [-0.2, 0) is 14.3 Å². The van der Waals surface area contributed by atoms with Crippen LogP contribution in [0.4, 0.5) is 0 Å². The van der Waals surface area contributed by atoms with Crippen molar-refractivity contribution >= 4 is 11.8 Å². The van der Waals surface area contributed by atoms with Gasteiger partial charge in [0, 0.05) is 6.42 Å². The van der Waals surface area contributed by atoms with Crippen LogP contribution in [0.2, 0.25) is 0 Å². The van der Waals surface area contributed by atoms with Crippen molar-refractivity contribution in [1.82, 2.24) is 0 Å². The first-order valence-electron chi connectivity index (χ1n) is 7.16. The van der Waals surface area contributed by atoms with Gasteiger partial charge in [-0.2, -0.15) is 0 Å². The van der Waals surface area contributed by atoms with Gasteiger partial charge in [0.05, 0.1) is 0 Å². The molecule has 0 aromatic heterocycles. The predicted molar refractivity (Wildman–Crippen MR) is 71.4 cm³/mol. The second-order valence-electron chi connectivity index (χ2n) is 7.52. The topological polar surface area (TPSA) is 43.4 Å². The first-order chi connectivity index (χ1) is 8.72. The van der Waals surface area contributed by atoms with Gasteiger partial charge in [-0.05, 0) is 50.9 Å². The third kappa shape index (κ3) is 1.56. The number of ketones is 1. The van der Waals surface area contributed by atoms with Crippen LogP contribution in [0.25, 0.3) is 0 Å². The molecule has 0 aromatic rings. The number of ether oxygens (including phenoxy) is 1. The van der Waals surface area contributed by atoms with E-state index in [-0.39, 0.29) is 29.0 Å². The van der Waals surface area contributed by atoms with Gasteiger partial charge in [-0.1, -0.05) is 19.1 Å². The van der Waals surface area contributed by atoms with E-state index in [1.165, 1.54) is 0 Å². The highest BCUT2D eigenvalue weighted by Gasteiger charge is 2.80. The first kappa shape index (κ1) is 12.9. The second kappa shape index (κ2) is 3.50. The van der Waals surface area contributed by atoms with E-state index in [4.69, 9.17) is 4.74 Å². The summed E-state index contributed by atoms with van der Waals surface area (Å²) in [6.45, 7) is 7.76. The van der Waals surface area contributed by atoms with Gasteiger partial charge in [0.1, 0.15) is 11.0 Å². The minimum absolute atomic E-state index is 0.00767. The molecule has 0 amide bonds. The van der Waals surface area contributed by atoms with Gasteiger partial charge >= 0.3 is 5.97 Å². The Morgan fingerprint density at radius 1 is 1.42 bits per heavy atom. The average molecular weight is 262 g/mol. The minimum atomic E-state index is -0.830. The van der Waals surface area contributed by atoms with E-state index >= 15 is 0 Å². The Hall–Kier alpha value is -1.12. The lowest BCUT2D eigenvalue weighted by atomic mass is 9.69. The van der Waals surface area contributed by atoms with Crippen molar-refractivity contribution < 1.29 is 14.3 Å². The number of allylic oxidation sites excluding steroid dienone is 2. The van der Waals surface area contributed by atoms with Crippen molar-refractivity contribution in [1.29, 1.82) is 0 Å². The van der Waals surface area contributed by atoms with E-state index in [1.54, 1.807) is 0 Å². The molecule has 0 unspecified atom stereocenters. The summed E-state index contributed by atoms with van der Waals surface area (Å²) < 4.78 is 5.56. The summed E-state index contributed by atoms with van der Waals surface area (Å²) >= 11 is 0. The van der Waals surface area contributed by atoms with E-state index in [0.717, 1.165) is 12.8 Å². The van der Waals surface area contributed by atoms with E-state index in [1.807, 2.05) is 20.8 Å². The lowest BCUT2D eigenvalue weighted by Gasteiger charge is -2.34. The predicted octanol–water partition coefficient (Wildman–Crippen LogP) is 2.89. The number of hydrogen-bond acceptors (Lipinski definition) is 3. The molecule has 2 fully saturated rings. The number of carbonyl (C=O) groups is 2. The van der Waals surface area contributed by atoms with Gasteiger partial charge in [0.2, 0.25) is 0 Å². The number of Topliss-reactive ketones (excluding diaryl/α,β-unsaturated/α-hetero) is 1. The fourth-order valence-corrected chi connectivity index (χ4v) is 4.31. The molecular weight excluding hydrogens is 240 g/mol. The molecule has 0 saturated heterocycles. The molecule has 0 heterocycles. The van der Waals surface area contributed by atoms with Crippen LogP contribution in [0.5, 0.6) is 0 Å². The lowest BCUT2D eigenvalue weighted by molar-refractivity contribution is -0.167. The molecule has 104 valence electrons. The summed E-state index contributed by atoms with van der Waals surface area (Å²) in [7, 11) is 0. The molecule has 19 heavy (non-hydrogen) atoms. The first-order valence-corrected chi connectivity index (χ1v) is 7.16. The molecule has 0 aliphatic heterocycles. The fraction of sp³-hybridized carbons (Fsp3) is 0.750. The number of carbonyl (C=O) groups excluding carboxylic acids is 2. The largest absolute Gasteiger partial charge is 0.459 e. The summed E-state index contributed by atoms with van der Waals surface area (Å²) in [6, 6.07) is 0. The monoisotopic (exact) mass is 262 g/mol. The maximum atomic E-state index is 12.6. The summed E-state index contributed by atoms with van der Waals surface area (Å²) in [4.78, 5) is 25.0. The number of fused-ring (bicyclic) bond motifs is 1. The van der Waals surface area contributed by atoms with E-state index in [9.17, 15) is 9.59 Å². The highest BCUT2D eigenvalue weighted by molar-refractivity contribution is 6.09. The molecule has 0 N–H and O–H groups in total. The molecule has 3 rings (SSSR count). The minimum Gasteiger partial charge on any atom is -0.459 e. The molecule has 0 aromatic carbocycles. The maximum Gasteiger partial charge on any atom is 0.320 e. The standard InChI is InChI=1S/C16H22O3/c1-14(2,3)19-13(18)16-10-6-5-8-15(4,12(10)16)9-7-11(16)17/h5,8,10,12H,6-7,9H2,1-4H3/t10-,12-,15-,16-/m0/s1. The normalized spacial score (nSPS) is 43.7. The van der Waals surface area contributed by atoms with Crippen LogP contribution in [0.15, 0.2) is 12.2 Å². The molecule has 3 heteroatoms. The van der Waals surface area contributed by atoms with Gasteiger partial charge in [0.25, 0.3) is 0 Å². The number of rotatable bonds is 1. The Bertz CT molecular complexity index is 485. The zero-order valence-corrected chi connectivity index (χ0v) is 12.2. The van der Waals surface area contributed by atoms with E-state index < -0.39 is 11.0 Å². The summed E-state index contributed by atoms with van der Waals surface area (Å²) in [6.07, 6.45) is 6.57. The lowest BCUT2D eigenvalue weighted by Crippen LogP contribution is -2.41. The van der Waals surface area contributed by atoms with Crippen LogP contribution in [0.3, 0.4) is 0 Å². The Morgan fingerprint density at radius 3 is 2.74 bits per heavy atom. The quantitative estimate of drug-likeness (QED) is 0.414. The van der Waals surface area contributed by atoms with Crippen LogP contribution < -0.4 is 0 Å². The molecule has 2 saturated carbocycles. The molecule has 0 spiro atoms. The highest BCUT2D eigenvalue weighted by Crippen LogP contribution is 2.74. The zero-order chi connectivity index (χ0) is 14.1. The van der Waals surface area contributed by atoms with Crippen LogP contribution in [0, 0.1) is 22.7 Å². The molecule has 0 radical (unpaired) electrons. The van der Waals surface area contributed by atoms with Crippen molar-refractivity contribution in [2.75, 3.05) is 0 Å². The fourth-order valence-electron chi connectivity index (χ4n) is 4.31.